The van der Waals surface area contributed by atoms with Gasteiger partial charge in [-0.1, -0.05) is 43.6 Å². The lowest BCUT2D eigenvalue weighted by atomic mass is 10.2. The highest BCUT2D eigenvalue weighted by Gasteiger charge is 2.21. The van der Waals surface area contributed by atoms with Gasteiger partial charge in [-0.25, -0.2) is 16.8 Å². The van der Waals surface area contributed by atoms with Crippen molar-refractivity contribution in [1.29, 1.82) is 0 Å². The number of sulfonamides is 2. The molecular formula is C23H24ClN3O5S2. The number of carbonyl (C=O) groups is 1. The fourth-order valence-electron chi connectivity index (χ4n) is 3.20. The lowest BCUT2D eigenvalue weighted by Gasteiger charge is -2.18. The molecule has 0 atom stereocenters. The molecule has 0 aliphatic carbocycles. The van der Waals surface area contributed by atoms with E-state index in [4.69, 9.17) is 11.6 Å². The summed E-state index contributed by atoms with van der Waals surface area (Å²) in [5, 5.41) is 2.71. The zero-order valence-electron chi connectivity index (χ0n) is 18.5. The minimum Gasteiger partial charge on any atom is -0.322 e. The van der Waals surface area contributed by atoms with E-state index < -0.39 is 26.0 Å². The van der Waals surface area contributed by atoms with E-state index in [0.717, 1.165) is 0 Å². The Morgan fingerprint density at radius 2 is 1.41 bits per heavy atom. The summed E-state index contributed by atoms with van der Waals surface area (Å²) in [6, 6.07) is 17.9. The van der Waals surface area contributed by atoms with Crippen molar-refractivity contribution in [3.8, 4) is 0 Å². The SMILES string of the molecule is CCN(CC)S(=O)(=O)c1ccc(NC(=O)c2ccc(NS(=O)(=O)c3ccccc3)cc2Cl)cc1. The normalized spacial score (nSPS) is 11.9. The third kappa shape index (κ3) is 5.76. The average molecular weight is 522 g/mol. The predicted molar refractivity (Wildman–Crippen MR) is 133 cm³/mol. The Morgan fingerprint density at radius 1 is 0.824 bits per heavy atom. The van der Waals surface area contributed by atoms with E-state index in [0.29, 0.717) is 18.8 Å². The van der Waals surface area contributed by atoms with Crippen LogP contribution in [0.4, 0.5) is 11.4 Å². The fraction of sp³-hybridized carbons (Fsp3) is 0.174. The van der Waals surface area contributed by atoms with E-state index >= 15 is 0 Å². The maximum atomic E-state index is 12.7. The Morgan fingerprint density at radius 3 is 1.97 bits per heavy atom. The van der Waals surface area contributed by atoms with Crippen molar-refractivity contribution in [3.05, 3.63) is 83.4 Å². The van der Waals surface area contributed by atoms with E-state index in [9.17, 15) is 21.6 Å². The highest BCUT2D eigenvalue weighted by Crippen LogP contribution is 2.25. The molecule has 3 aromatic carbocycles. The molecule has 0 unspecified atom stereocenters. The Kier molecular flexibility index (Phi) is 7.98. The molecule has 0 radical (unpaired) electrons. The molecular weight excluding hydrogens is 498 g/mol. The predicted octanol–water partition coefficient (Wildman–Crippen LogP) is 4.42. The Labute approximate surface area is 204 Å². The van der Waals surface area contributed by atoms with Crippen molar-refractivity contribution in [2.24, 2.45) is 0 Å². The summed E-state index contributed by atoms with van der Waals surface area (Å²) in [6.07, 6.45) is 0. The van der Waals surface area contributed by atoms with Crippen molar-refractivity contribution < 1.29 is 21.6 Å². The maximum absolute atomic E-state index is 12.7. The van der Waals surface area contributed by atoms with E-state index in [1.54, 1.807) is 32.0 Å². The largest absolute Gasteiger partial charge is 0.322 e. The van der Waals surface area contributed by atoms with E-state index in [1.807, 2.05) is 0 Å². The van der Waals surface area contributed by atoms with Gasteiger partial charge in [0.1, 0.15) is 0 Å². The highest BCUT2D eigenvalue weighted by molar-refractivity contribution is 7.92. The van der Waals surface area contributed by atoms with Crippen LogP contribution in [0.1, 0.15) is 24.2 Å². The zero-order chi connectivity index (χ0) is 24.9. The average Bonchev–Trinajstić information content (AvgIpc) is 2.80. The lowest BCUT2D eigenvalue weighted by molar-refractivity contribution is 0.102. The van der Waals surface area contributed by atoms with Gasteiger partial charge in [-0.05, 0) is 54.6 Å². The van der Waals surface area contributed by atoms with Gasteiger partial charge in [-0.3, -0.25) is 9.52 Å². The number of amides is 1. The van der Waals surface area contributed by atoms with Crippen molar-refractivity contribution in [2.45, 2.75) is 23.6 Å². The Hall–Kier alpha value is -2.92. The van der Waals surface area contributed by atoms with E-state index in [-0.39, 0.29) is 26.1 Å². The first-order valence-corrected chi connectivity index (χ1v) is 13.7. The van der Waals surface area contributed by atoms with Gasteiger partial charge in [0.05, 0.1) is 26.1 Å². The minimum atomic E-state index is -3.80. The molecule has 0 aromatic heterocycles. The molecule has 180 valence electrons. The number of benzene rings is 3. The van der Waals surface area contributed by atoms with Crippen LogP contribution in [-0.4, -0.2) is 40.1 Å². The van der Waals surface area contributed by atoms with Gasteiger partial charge in [0.15, 0.2) is 0 Å². The first-order valence-electron chi connectivity index (χ1n) is 10.4. The molecule has 0 heterocycles. The molecule has 0 saturated carbocycles. The Bertz CT molecular complexity index is 1370. The fourth-order valence-corrected chi connectivity index (χ4v) is 5.99. The highest BCUT2D eigenvalue weighted by atomic mass is 35.5. The zero-order valence-corrected chi connectivity index (χ0v) is 20.9. The van der Waals surface area contributed by atoms with Gasteiger partial charge < -0.3 is 5.32 Å². The molecule has 2 N–H and O–H groups in total. The molecule has 0 spiro atoms. The number of anilines is 2. The van der Waals surface area contributed by atoms with Crippen LogP contribution in [-0.2, 0) is 20.0 Å². The first-order chi connectivity index (χ1) is 16.1. The van der Waals surface area contributed by atoms with Gasteiger partial charge in [0, 0.05) is 18.8 Å². The van der Waals surface area contributed by atoms with Crippen LogP contribution in [0.25, 0.3) is 0 Å². The van der Waals surface area contributed by atoms with Crippen LogP contribution in [0.5, 0.6) is 0 Å². The van der Waals surface area contributed by atoms with Gasteiger partial charge >= 0.3 is 0 Å². The second-order valence-corrected chi connectivity index (χ2v) is 11.2. The molecule has 0 saturated heterocycles. The molecule has 11 heteroatoms. The molecule has 0 aliphatic rings. The van der Waals surface area contributed by atoms with Crippen molar-refractivity contribution >= 4 is 48.9 Å². The summed E-state index contributed by atoms with van der Waals surface area (Å²) < 4.78 is 53.9. The smallest absolute Gasteiger partial charge is 0.261 e. The number of hydrogen-bond donors (Lipinski definition) is 2. The summed E-state index contributed by atoms with van der Waals surface area (Å²) in [6.45, 7) is 4.23. The third-order valence-corrected chi connectivity index (χ3v) is 8.75. The van der Waals surface area contributed by atoms with Crippen molar-refractivity contribution in [1.82, 2.24) is 4.31 Å². The van der Waals surface area contributed by atoms with Gasteiger partial charge in [-0.15, -0.1) is 0 Å². The number of nitrogens with zero attached hydrogens (tertiary/aromatic N) is 1. The second kappa shape index (κ2) is 10.6. The Balaban J connectivity index is 1.73. The van der Waals surface area contributed by atoms with Gasteiger partial charge in [0.2, 0.25) is 10.0 Å². The molecule has 3 rings (SSSR count). The summed E-state index contributed by atoms with van der Waals surface area (Å²) in [4.78, 5) is 12.9. The number of nitrogens with one attached hydrogen (secondary N) is 2. The quantitative estimate of drug-likeness (QED) is 0.432. The molecule has 3 aromatic rings. The van der Waals surface area contributed by atoms with Crippen LogP contribution < -0.4 is 10.0 Å². The molecule has 0 aliphatic heterocycles. The maximum Gasteiger partial charge on any atom is 0.261 e. The number of hydrogen-bond acceptors (Lipinski definition) is 5. The first kappa shape index (κ1) is 25.7. The second-order valence-electron chi connectivity index (χ2n) is 7.18. The standard InChI is InChI=1S/C23H24ClN3O5S2/c1-3-27(4-2)34(31,32)20-13-10-17(11-14-20)25-23(28)21-15-12-18(16-22(21)24)26-33(29,30)19-8-6-5-7-9-19/h5-16,26H,3-4H2,1-2H3,(H,25,28). The van der Waals surface area contributed by atoms with Crippen molar-refractivity contribution in [3.63, 3.8) is 0 Å². The number of halogens is 1. The number of carbonyl (C=O) groups excluding carboxylic acids is 1. The molecule has 8 nitrogen and oxygen atoms in total. The summed E-state index contributed by atoms with van der Waals surface area (Å²) in [5.74, 6) is -0.526. The third-order valence-electron chi connectivity index (χ3n) is 4.97. The topological polar surface area (TPSA) is 113 Å². The molecule has 1 amide bonds. The molecule has 34 heavy (non-hydrogen) atoms. The van der Waals surface area contributed by atoms with Gasteiger partial charge in [0.25, 0.3) is 15.9 Å². The minimum absolute atomic E-state index is 0.0477. The van der Waals surface area contributed by atoms with Crippen molar-refractivity contribution in [2.75, 3.05) is 23.1 Å². The van der Waals surface area contributed by atoms with Gasteiger partial charge in [-0.2, -0.15) is 4.31 Å². The van der Waals surface area contributed by atoms with Crippen LogP contribution in [0.3, 0.4) is 0 Å². The van der Waals surface area contributed by atoms with E-state index in [2.05, 4.69) is 10.0 Å². The molecule has 0 bridgehead atoms. The summed E-state index contributed by atoms with van der Waals surface area (Å²) >= 11 is 6.24. The number of rotatable bonds is 9. The summed E-state index contributed by atoms with van der Waals surface area (Å²) in [5.41, 5.74) is 0.717. The van der Waals surface area contributed by atoms with Crippen LogP contribution in [0, 0.1) is 0 Å². The van der Waals surface area contributed by atoms with E-state index in [1.165, 1.54) is 58.9 Å². The van der Waals surface area contributed by atoms with Crippen LogP contribution in [0.15, 0.2) is 82.6 Å². The summed E-state index contributed by atoms with van der Waals surface area (Å²) in [7, 11) is -7.40. The van der Waals surface area contributed by atoms with Crippen LogP contribution >= 0.6 is 11.6 Å². The molecule has 0 fully saturated rings. The van der Waals surface area contributed by atoms with Crippen LogP contribution in [0.2, 0.25) is 5.02 Å². The monoisotopic (exact) mass is 521 g/mol. The lowest BCUT2D eigenvalue weighted by Crippen LogP contribution is -2.30.